The lowest BCUT2D eigenvalue weighted by atomic mass is 10.3. The van der Waals surface area contributed by atoms with Crippen LogP contribution in [0.1, 0.15) is 19.9 Å². The lowest BCUT2D eigenvalue weighted by Gasteiger charge is -2.06. The fourth-order valence-corrected chi connectivity index (χ4v) is 1.38. The minimum atomic E-state index is 0.383. The van der Waals surface area contributed by atoms with Gasteiger partial charge in [-0.3, -0.25) is 4.98 Å². The Morgan fingerprint density at radius 2 is 2.15 bits per heavy atom. The van der Waals surface area contributed by atoms with Gasteiger partial charge in [0.1, 0.15) is 5.52 Å². The summed E-state index contributed by atoms with van der Waals surface area (Å²) in [6.45, 7) is 4.20. The highest BCUT2D eigenvalue weighted by Gasteiger charge is 2.07. The number of nitrogen functional groups attached to an aromatic ring is 1. The average Bonchev–Trinajstić information content (AvgIpc) is 2.48. The molecule has 4 heteroatoms. The van der Waals surface area contributed by atoms with E-state index in [0.29, 0.717) is 11.7 Å². The van der Waals surface area contributed by atoms with Gasteiger partial charge in [-0.1, -0.05) is 0 Å². The van der Waals surface area contributed by atoms with Crippen molar-refractivity contribution < 1.29 is 0 Å². The zero-order chi connectivity index (χ0) is 9.42. The summed E-state index contributed by atoms with van der Waals surface area (Å²) in [6, 6.07) is 0.383. The smallest absolute Gasteiger partial charge is 0.115 e. The van der Waals surface area contributed by atoms with E-state index in [1.165, 1.54) is 0 Å². The van der Waals surface area contributed by atoms with Gasteiger partial charge in [0, 0.05) is 6.04 Å². The molecule has 2 aromatic heterocycles. The molecule has 13 heavy (non-hydrogen) atoms. The van der Waals surface area contributed by atoms with E-state index in [4.69, 9.17) is 5.73 Å². The Hall–Kier alpha value is -1.58. The number of nitrogens with two attached hydrogens (primary N) is 1. The normalized spacial score (nSPS) is 11.3. The second kappa shape index (κ2) is 2.73. The van der Waals surface area contributed by atoms with Crippen LogP contribution < -0.4 is 5.73 Å². The van der Waals surface area contributed by atoms with Crippen molar-refractivity contribution in [2.75, 3.05) is 5.73 Å². The van der Waals surface area contributed by atoms with Gasteiger partial charge in [-0.15, -0.1) is 0 Å². The summed E-state index contributed by atoms with van der Waals surface area (Å²) in [7, 11) is 0. The van der Waals surface area contributed by atoms with Crippen LogP contribution in [0.15, 0.2) is 18.7 Å². The van der Waals surface area contributed by atoms with Crippen LogP contribution in [0.5, 0.6) is 0 Å². The van der Waals surface area contributed by atoms with Gasteiger partial charge in [0.2, 0.25) is 0 Å². The third-order valence-electron chi connectivity index (χ3n) is 2.07. The predicted octanol–water partition coefficient (Wildman–Crippen LogP) is 1.59. The third kappa shape index (κ3) is 1.14. The van der Waals surface area contributed by atoms with Crippen LogP contribution in [-0.4, -0.2) is 14.5 Å². The molecule has 0 fully saturated rings. The van der Waals surface area contributed by atoms with Gasteiger partial charge < -0.3 is 10.3 Å². The first kappa shape index (κ1) is 8.04. The van der Waals surface area contributed by atoms with Gasteiger partial charge in [0.15, 0.2) is 0 Å². The zero-order valence-electron chi connectivity index (χ0n) is 7.73. The molecule has 0 saturated carbocycles. The largest absolute Gasteiger partial charge is 0.396 e. The summed E-state index contributed by atoms with van der Waals surface area (Å²) in [4.78, 5) is 8.28. The molecule has 0 unspecified atom stereocenters. The summed E-state index contributed by atoms with van der Waals surface area (Å²) in [6.07, 6.45) is 5.21. The molecule has 0 aromatic carbocycles. The molecular formula is C9H12N4. The van der Waals surface area contributed by atoms with Gasteiger partial charge in [-0.2, -0.15) is 0 Å². The lowest BCUT2D eigenvalue weighted by molar-refractivity contribution is 0.617. The van der Waals surface area contributed by atoms with Gasteiger partial charge in [0.25, 0.3) is 0 Å². The standard InChI is InChI=1S/C9H12N4/c1-6(2)13-5-12-9-7(10)3-11-4-8(9)13/h3-6H,10H2,1-2H3. The highest BCUT2D eigenvalue weighted by molar-refractivity contribution is 5.85. The first-order valence-corrected chi connectivity index (χ1v) is 4.26. The molecule has 2 heterocycles. The molecule has 2 N–H and O–H groups in total. The zero-order valence-corrected chi connectivity index (χ0v) is 7.73. The number of imidazole rings is 1. The van der Waals surface area contributed by atoms with E-state index in [1.54, 1.807) is 18.7 Å². The molecule has 2 aromatic rings. The molecule has 2 rings (SSSR count). The summed E-state index contributed by atoms with van der Waals surface area (Å²) in [5, 5.41) is 0. The molecule has 0 amide bonds. The monoisotopic (exact) mass is 176 g/mol. The van der Waals surface area contributed by atoms with E-state index >= 15 is 0 Å². The lowest BCUT2D eigenvalue weighted by Crippen LogP contribution is -1.98. The highest BCUT2D eigenvalue weighted by atomic mass is 15.1. The predicted molar refractivity (Wildman–Crippen MR) is 52.3 cm³/mol. The molecule has 0 aliphatic carbocycles. The first-order chi connectivity index (χ1) is 6.20. The SMILES string of the molecule is CC(C)n1cnc2c(N)cncc21. The van der Waals surface area contributed by atoms with Crippen LogP contribution in [0, 0.1) is 0 Å². The van der Waals surface area contributed by atoms with Crippen LogP contribution in [0.2, 0.25) is 0 Å². The van der Waals surface area contributed by atoms with Crippen molar-refractivity contribution in [2.45, 2.75) is 19.9 Å². The maximum absolute atomic E-state index is 5.73. The Labute approximate surface area is 76.4 Å². The van der Waals surface area contributed by atoms with E-state index in [9.17, 15) is 0 Å². The minimum Gasteiger partial charge on any atom is -0.396 e. The van der Waals surface area contributed by atoms with E-state index in [-0.39, 0.29) is 0 Å². The highest BCUT2D eigenvalue weighted by Crippen LogP contribution is 2.20. The number of anilines is 1. The van der Waals surface area contributed by atoms with Crippen molar-refractivity contribution in [2.24, 2.45) is 0 Å². The number of fused-ring (bicyclic) bond motifs is 1. The Morgan fingerprint density at radius 3 is 2.85 bits per heavy atom. The Morgan fingerprint density at radius 1 is 1.38 bits per heavy atom. The Kier molecular flexibility index (Phi) is 1.69. The summed E-state index contributed by atoms with van der Waals surface area (Å²) < 4.78 is 2.05. The third-order valence-corrected chi connectivity index (χ3v) is 2.07. The van der Waals surface area contributed by atoms with E-state index in [2.05, 4.69) is 28.4 Å². The molecule has 68 valence electrons. The second-order valence-corrected chi connectivity index (χ2v) is 3.34. The minimum absolute atomic E-state index is 0.383. The van der Waals surface area contributed by atoms with E-state index < -0.39 is 0 Å². The molecule has 4 nitrogen and oxygen atoms in total. The summed E-state index contributed by atoms with van der Waals surface area (Å²) in [5.74, 6) is 0. The van der Waals surface area contributed by atoms with Crippen LogP contribution >= 0.6 is 0 Å². The second-order valence-electron chi connectivity index (χ2n) is 3.34. The average molecular weight is 176 g/mol. The van der Waals surface area contributed by atoms with Crippen molar-refractivity contribution in [1.29, 1.82) is 0 Å². The number of aromatic nitrogens is 3. The number of nitrogens with zero attached hydrogens (tertiary/aromatic N) is 3. The van der Waals surface area contributed by atoms with Crippen LogP contribution in [0.4, 0.5) is 5.69 Å². The number of hydrogen-bond acceptors (Lipinski definition) is 3. The molecule has 0 saturated heterocycles. The van der Waals surface area contributed by atoms with Crippen LogP contribution in [0.25, 0.3) is 11.0 Å². The summed E-state index contributed by atoms with van der Waals surface area (Å²) in [5.41, 5.74) is 8.20. The summed E-state index contributed by atoms with van der Waals surface area (Å²) >= 11 is 0. The quantitative estimate of drug-likeness (QED) is 0.717. The maximum atomic E-state index is 5.73. The van der Waals surface area contributed by atoms with E-state index in [1.807, 2.05) is 0 Å². The fourth-order valence-electron chi connectivity index (χ4n) is 1.38. The first-order valence-electron chi connectivity index (χ1n) is 4.26. The molecule has 0 atom stereocenters. The topological polar surface area (TPSA) is 56.7 Å². The number of rotatable bonds is 1. The number of pyridine rings is 1. The van der Waals surface area contributed by atoms with E-state index in [0.717, 1.165) is 11.0 Å². The number of hydrogen-bond donors (Lipinski definition) is 1. The van der Waals surface area contributed by atoms with Crippen molar-refractivity contribution in [3.8, 4) is 0 Å². The molecule has 0 bridgehead atoms. The van der Waals surface area contributed by atoms with Crippen molar-refractivity contribution >= 4 is 16.7 Å². The van der Waals surface area contributed by atoms with Crippen LogP contribution in [0.3, 0.4) is 0 Å². The van der Waals surface area contributed by atoms with Crippen molar-refractivity contribution in [1.82, 2.24) is 14.5 Å². The maximum Gasteiger partial charge on any atom is 0.115 e. The Balaban J connectivity index is 2.75. The molecular weight excluding hydrogens is 164 g/mol. The van der Waals surface area contributed by atoms with Gasteiger partial charge >= 0.3 is 0 Å². The van der Waals surface area contributed by atoms with Crippen LogP contribution in [-0.2, 0) is 0 Å². The molecule has 0 aliphatic heterocycles. The van der Waals surface area contributed by atoms with Gasteiger partial charge in [-0.25, -0.2) is 4.98 Å². The van der Waals surface area contributed by atoms with Crippen molar-refractivity contribution in [3.63, 3.8) is 0 Å². The molecule has 0 aliphatic rings. The molecule has 0 spiro atoms. The fraction of sp³-hybridized carbons (Fsp3) is 0.333. The Bertz CT molecular complexity index is 430. The van der Waals surface area contributed by atoms with Crippen molar-refractivity contribution in [3.05, 3.63) is 18.7 Å². The molecule has 0 radical (unpaired) electrons. The van der Waals surface area contributed by atoms with Gasteiger partial charge in [-0.05, 0) is 13.8 Å². The van der Waals surface area contributed by atoms with Gasteiger partial charge in [0.05, 0.1) is 29.9 Å².